The molecule has 9 heteroatoms. The first-order chi connectivity index (χ1) is 14.4. The van der Waals surface area contributed by atoms with Crippen molar-refractivity contribution in [3.63, 3.8) is 0 Å². The summed E-state index contributed by atoms with van der Waals surface area (Å²) in [7, 11) is -3.43. The Morgan fingerprint density at radius 2 is 1.97 bits per heavy atom. The molecule has 160 valence electrons. The Morgan fingerprint density at radius 1 is 1.20 bits per heavy atom. The van der Waals surface area contributed by atoms with Crippen molar-refractivity contribution in [2.24, 2.45) is 4.99 Å². The normalized spacial score (nSPS) is 12.5. The minimum absolute atomic E-state index is 0.113. The molecule has 30 heavy (non-hydrogen) atoms. The number of hydrogen-bond donors (Lipinski definition) is 0. The van der Waals surface area contributed by atoms with Crippen molar-refractivity contribution in [2.45, 2.75) is 25.6 Å². The number of ether oxygens (including phenoxy) is 1. The van der Waals surface area contributed by atoms with E-state index < -0.39 is 15.7 Å². The van der Waals surface area contributed by atoms with Gasteiger partial charge in [-0.25, -0.2) is 12.8 Å². The molecule has 2 aromatic carbocycles. The molecule has 1 amide bonds. The quantitative estimate of drug-likeness (QED) is 0.469. The Kier molecular flexibility index (Phi) is 7.52. The molecule has 0 aliphatic heterocycles. The van der Waals surface area contributed by atoms with Crippen LogP contribution < -0.4 is 4.80 Å². The third-order valence-corrected chi connectivity index (χ3v) is 7.03. The Morgan fingerprint density at radius 3 is 2.70 bits per heavy atom. The van der Waals surface area contributed by atoms with E-state index in [2.05, 4.69) is 4.99 Å². The molecule has 0 bridgehead atoms. The van der Waals surface area contributed by atoms with Crippen LogP contribution in [0.4, 0.5) is 4.39 Å². The van der Waals surface area contributed by atoms with Crippen molar-refractivity contribution in [2.75, 3.05) is 19.0 Å². The zero-order chi connectivity index (χ0) is 21.6. The monoisotopic (exact) mass is 450 g/mol. The lowest BCUT2D eigenvalue weighted by Gasteiger charge is -2.05. The van der Waals surface area contributed by atoms with Gasteiger partial charge < -0.3 is 9.30 Å². The molecule has 0 spiro atoms. The van der Waals surface area contributed by atoms with Gasteiger partial charge in [0.25, 0.3) is 0 Å². The zero-order valence-corrected chi connectivity index (χ0v) is 18.2. The summed E-state index contributed by atoms with van der Waals surface area (Å²) in [4.78, 5) is 16.9. The fourth-order valence-electron chi connectivity index (χ4n) is 2.95. The van der Waals surface area contributed by atoms with Crippen molar-refractivity contribution >= 4 is 37.3 Å². The first-order valence-electron chi connectivity index (χ1n) is 9.56. The average molecular weight is 451 g/mol. The number of halogens is 1. The average Bonchev–Trinajstić information content (AvgIpc) is 3.03. The molecule has 0 atom stereocenters. The van der Waals surface area contributed by atoms with Crippen LogP contribution in [0.3, 0.4) is 0 Å². The number of aromatic nitrogens is 1. The highest BCUT2D eigenvalue weighted by molar-refractivity contribution is 7.90. The Balaban J connectivity index is 1.77. The first kappa shape index (κ1) is 22.3. The van der Waals surface area contributed by atoms with Crippen molar-refractivity contribution in [3.05, 3.63) is 64.7 Å². The standard InChI is InChI=1S/C21H23FN2O4S2/c1-2-28-12-11-24-18-9-8-17(22)14-19(18)29-21(24)23-20(25)10-13-30(26,27)15-16-6-4-3-5-7-16/h3-9,14H,2,10-13,15H2,1H3. The highest BCUT2D eigenvalue weighted by Crippen LogP contribution is 2.18. The van der Waals surface area contributed by atoms with Gasteiger partial charge in [0, 0.05) is 19.6 Å². The lowest BCUT2D eigenvalue weighted by Crippen LogP contribution is -2.20. The number of carbonyl (C=O) groups excluding carboxylic acids is 1. The number of amides is 1. The van der Waals surface area contributed by atoms with E-state index in [1.165, 1.54) is 23.5 Å². The molecule has 3 rings (SSSR count). The van der Waals surface area contributed by atoms with Crippen LogP contribution >= 0.6 is 11.3 Å². The van der Waals surface area contributed by atoms with Crippen molar-refractivity contribution in [3.8, 4) is 0 Å². The molecule has 0 aliphatic carbocycles. The molecular weight excluding hydrogens is 427 g/mol. The van der Waals surface area contributed by atoms with E-state index in [-0.39, 0.29) is 23.7 Å². The molecule has 0 N–H and O–H groups in total. The molecule has 0 aliphatic rings. The maximum Gasteiger partial charge on any atom is 0.249 e. The van der Waals surface area contributed by atoms with E-state index in [1.807, 2.05) is 13.0 Å². The van der Waals surface area contributed by atoms with Crippen molar-refractivity contribution in [1.82, 2.24) is 4.57 Å². The van der Waals surface area contributed by atoms with Crippen LogP contribution in [0.15, 0.2) is 53.5 Å². The zero-order valence-electron chi connectivity index (χ0n) is 16.6. The van der Waals surface area contributed by atoms with Crippen LogP contribution in [0, 0.1) is 5.82 Å². The van der Waals surface area contributed by atoms with E-state index >= 15 is 0 Å². The number of sulfone groups is 1. The number of benzene rings is 2. The smallest absolute Gasteiger partial charge is 0.249 e. The molecule has 0 radical (unpaired) electrons. The van der Waals surface area contributed by atoms with E-state index in [4.69, 9.17) is 4.74 Å². The molecule has 3 aromatic rings. The Hall–Kier alpha value is -2.36. The van der Waals surface area contributed by atoms with Crippen LogP contribution in [0.25, 0.3) is 10.2 Å². The third kappa shape index (κ3) is 6.07. The fraction of sp³-hybridized carbons (Fsp3) is 0.333. The molecule has 6 nitrogen and oxygen atoms in total. The second-order valence-electron chi connectivity index (χ2n) is 6.68. The molecule has 0 saturated carbocycles. The second kappa shape index (κ2) is 10.1. The van der Waals surface area contributed by atoms with E-state index in [0.29, 0.717) is 34.8 Å². The maximum absolute atomic E-state index is 13.6. The number of thiazole rings is 1. The summed E-state index contributed by atoms with van der Waals surface area (Å²) in [6.45, 7) is 3.32. The largest absolute Gasteiger partial charge is 0.380 e. The summed E-state index contributed by atoms with van der Waals surface area (Å²) < 4.78 is 46.1. The van der Waals surface area contributed by atoms with Gasteiger partial charge in [-0.1, -0.05) is 41.7 Å². The topological polar surface area (TPSA) is 77.7 Å². The minimum atomic E-state index is -3.43. The molecule has 0 saturated heterocycles. The summed E-state index contributed by atoms with van der Waals surface area (Å²) in [6, 6.07) is 13.2. The third-order valence-electron chi connectivity index (χ3n) is 4.38. The predicted octanol–water partition coefficient (Wildman–Crippen LogP) is 3.31. The fourth-order valence-corrected chi connectivity index (χ4v) is 5.38. The molecule has 1 aromatic heterocycles. The first-order valence-corrected chi connectivity index (χ1v) is 12.2. The summed E-state index contributed by atoms with van der Waals surface area (Å²) in [6.07, 6.45) is -0.205. The lowest BCUT2D eigenvalue weighted by atomic mass is 10.2. The van der Waals surface area contributed by atoms with Gasteiger partial charge in [0.15, 0.2) is 14.6 Å². The highest BCUT2D eigenvalue weighted by Gasteiger charge is 2.15. The molecular formula is C21H23FN2O4S2. The van der Waals surface area contributed by atoms with E-state index in [1.54, 1.807) is 34.9 Å². The maximum atomic E-state index is 13.6. The second-order valence-corrected chi connectivity index (χ2v) is 9.87. The summed E-state index contributed by atoms with van der Waals surface area (Å²) in [5.74, 6) is -1.28. The van der Waals surface area contributed by atoms with Crippen LogP contribution in [0.1, 0.15) is 18.9 Å². The van der Waals surface area contributed by atoms with Gasteiger partial charge in [0.05, 0.1) is 28.3 Å². The summed E-state index contributed by atoms with van der Waals surface area (Å²) in [5, 5.41) is 0. The number of hydrogen-bond acceptors (Lipinski definition) is 5. The van der Waals surface area contributed by atoms with Crippen molar-refractivity contribution < 1.29 is 22.3 Å². The predicted molar refractivity (Wildman–Crippen MR) is 115 cm³/mol. The number of carbonyl (C=O) groups is 1. The van der Waals surface area contributed by atoms with Gasteiger partial charge in [-0.05, 0) is 30.7 Å². The highest BCUT2D eigenvalue weighted by atomic mass is 32.2. The van der Waals surface area contributed by atoms with Gasteiger partial charge in [-0.2, -0.15) is 4.99 Å². The number of nitrogens with zero attached hydrogens (tertiary/aromatic N) is 2. The minimum Gasteiger partial charge on any atom is -0.380 e. The van der Waals surface area contributed by atoms with E-state index in [9.17, 15) is 17.6 Å². The number of rotatable bonds is 9. The van der Waals surface area contributed by atoms with Crippen LogP contribution in [-0.4, -0.2) is 37.9 Å². The summed E-state index contributed by atoms with van der Waals surface area (Å²) >= 11 is 1.19. The molecule has 0 fully saturated rings. The van der Waals surface area contributed by atoms with Crippen LogP contribution in [0.2, 0.25) is 0 Å². The summed E-state index contributed by atoms with van der Waals surface area (Å²) in [5.41, 5.74) is 1.44. The van der Waals surface area contributed by atoms with E-state index in [0.717, 1.165) is 5.52 Å². The Labute approximate surface area is 178 Å². The SMILES string of the molecule is CCOCCn1c(=NC(=O)CCS(=O)(=O)Cc2ccccc2)sc2cc(F)ccc21. The van der Waals surface area contributed by atoms with Gasteiger partial charge in [0.1, 0.15) is 5.82 Å². The van der Waals surface area contributed by atoms with Gasteiger partial charge in [-0.15, -0.1) is 0 Å². The van der Waals surface area contributed by atoms with Gasteiger partial charge in [0.2, 0.25) is 5.91 Å². The van der Waals surface area contributed by atoms with Gasteiger partial charge >= 0.3 is 0 Å². The van der Waals surface area contributed by atoms with Crippen LogP contribution in [-0.2, 0) is 31.7 Å². The Bertz CT molecular complexity index is 1180. The number of fused-ring (bicyclic) bond motifs is 1. The molecule has 1 heterocycles. The van der Waals surface area contributed by atoms with Crippen LogP contribution in [0.5, 0.6) is 0 Å². The lowest BCUT2D eigenvalue weighted by molar-refractivity contribution is -0.117. The van der Waals surface area contributed by atoms with Gasteiger partial charge in [-0.3, -0.25) is 4.79 Å². The van der Waals surface area contributed by atoms with Crippen molar-refractivity contribution in [1.29, 1.82) is 0 Å². The molecule has 0 unspecified atom stereocenters.